The molecule has 4 nitrogen and oxygen atoms in total. The summed E-state index contributed by atoms with van der Waals surface area (Å²) in [7, 11) is 0. The number of halogens is 1. The first kappa shape index (κ1) is 13.7. The maximum absolute atomic E-state index is 12.7. The third-order valence-corrected chi connectivity index (χ3v) is 2.51. The minimum Gasteiger partial charge on any atom is -0.314 e. The van der Waals surface area contributed by atoms with E-state index in [1.165, 1.54) is 18.3 Å². The summed E-state index contributed by atoms with van der Waals surface area (Å²) in [5.74, 6) is 0.182. The molecule has 5 heteroatoms. The fourth-order valence-electron chi connectivity index (χ4n) is 1.48. The number of pyridine rings is 1. The summed E-state index contributed by atoms with van der Waals surface area (Å²) in [4.78, 5) is 15.6. The summed E-state index contributed by atoms with van der Waals surface area (Å²) >= 11 is 0. The van der Waals surface area contributed by atoms with Crippen LogP contribution in [0.2, 0.25) is 0 Å². The Morgan fingerprint density at radius 2 is 1.95 bits per heavy atom. The van der Waals surface area contributed by atoms with Gasteiger partial charge in [0, 0.05) is 12.4 Å². The first-order chi connectivity index (χ1) is 9.63. The van der Waals surface area contributed by atoms with Crippen LogP contribution in [0.25, 0.3) is 6.08 Å². The molecule has 20 heavy (non-hydrogen) atoms. The van der Waals surface area contributed by atoms with Crippen LogP contribution in [0.1, 0.15) is 11.1 Å². The highest BCUT2D eigenvalue weighted by Crippen LogP contribution is 2.05. The van der Waals surface area contributed by atoms with E-state index in [2.05, 4.69) is 15.6 Å². The van der Waals surface area contributed by atoms with Gasteiger partial charge in [-0.2, -0.15) is 0 Å². The number of nitrogens with zero attached hydrogens (tertiary/aromatic N) is 1. The molecule has 2 aromatic rings. The molecule has 0 bridgehead atoms. The molecule has 102 valence electrons. The SMILES string of the molecule is Cc1ccc(NC(=O)N/C=C/c2ccc(F)cc2)nc1. The molecule has 2 amide bonds. The van der Waals surface area contributed by atoms with Crippen molar-refractivity contribution in [1.29, 1.82) is 0 Å². The first-order valence-corrected chi connectivity index (χ1v) is 6.06. The highest BCUT2D eigenvalue weighted by Gasteiger charge is 1.99. The highest BCUT2D eigenvalue weighted by molar-refractivity contribution is 5.89. The standard InChI is InChI=1S/C15H14FN3O/c1-11-2-7-14(18-10-11)19-15(20)17-9-8-12-3-5-13(16)6-4-12/h2-10H,1H3,(H2,17,18,19,20)/b9-8+. The highest BCUT2D eigenvalue weighted by atomic mass is 19.1. The number of urea groups is 1. The van der Waals surface area contributed by atoms with Gasteiger partial charge < -0.3 is 5.32 Å². The van der Waals surface area contributed by atoms with Gasteiger partial charge in [0.1, 0.15) is 11.6 Å². The van der Waals surface area contributed by atoms with Gasteiger partial charge in [-0.3, -0.25) is 5.32 Å². The van der Waals surface area contributed by atoms with Crippen LogP contribution < -0.4 is 10.6 Å². The third-order valence-electron chi connectivity index (χ3n) is 2.51. The number of amides is 2. The van der Waals surface area contributed by atoms with Crippen LogP contribution in [0.3, 0.4) is 0 Å². The van der Waals surface area contributed by atoms with Crippen molar-refractivity contribution >= 4 is 17.9 Å². The van der Waals surface area contributed by atoms with E-state index in [1.807, 2.05) is 13.0 Å². The monoisotopic (exact) mass is 271 g/mol. The van der Waals surface area contributed by atoms with E-state index in [9.17, 15) is 9.18 Å². The molecule has 0 radical (unpaired) electrons. The molecule has 0 atom stereocenters. The summed E-state index contributed by atoms with van der Waals surface area (Å²) < 4.78 is 12.7. The second-order valence-electron chi connectivity index (χ2n) is 4.20. The fraction of sp³-hybridized carbons (Fsp3) is 0.0667. The minimum atomic E-state index is -0.389. The van der Waals surface area contributed by atoms with Crippen LogP contribution >= 0.6 is 0 Å². The molecule has 1 heterocycles. The van der Waals surface area contributed by atoms with Gasteiger partial charge in [-0.05, 0) is 42.3 Å². The summed E-state index contributed by atoms with van der Waals surface area (Å²) in [6.07, 6.45) is 4.82. The predicted octanol–water partition coefficient (Wildman–Crippen LogP) is 3.32. The summed E-state index contributed by atoms with van der Waals surface area (Å²) in [6.45, 7) is 1.92. The summed E-state index contributed by atoms with van der Waals surface area (Å²) in [5.41, 5.74) is 1.81. The van der Waals surface area contributed by atoms with Gasteiger partial charge in [0.15, 0.2) is 0 Å². The molecule has 0 fully saturated rings. The number of carbonyl (C=O) groups excluding carboxylic acids is 1. The summed E-state index contributed by atoms with van der Waals surface area (Å²) in [6, 6.07) is 9.14. The first-order valence-electron chi connectivity index (χ1n) is 6.06. The molecule has 1 aromatic carbocycles. The van der Waals surface area contributed by atoms with Crippen molar-refractivity contribution in [3.8, 4) is 0 Å². The van der Waals surface area contributed by atoms with Crippen LogP contribution in [0.4, 0.5) is 15.0 Å². The Balaban J connectivity index is 1.85. The quantitative estimate of drug-likeness (QED) is 0.899. The molecule has 0 aliphatic carbocycles. The Hall–Kier alpha value is -2.69. The molecular formula is C15H14FN3O. The van der Waals surface area contributed by atoms with E-state index >= 15 is 0 Å². The maximum atomic E-state index is 12.7. The third kappa shape index (κ3) is 4.20. The number of hydrogen-bond acceptors (Lipinski definition) is 2. The maximum Gasteiger partial charge on any atom is 0.324 e. The minimum absolute atomic E-state index is 0.293. The van der Waals surface area contributed by atoms with E-state index in [-0.39, 0.29) is 11.8 Å². The fourth-order valence-corrected chi connectivity index (χ4v) is 1.48. The molecule has 0 saturated heterocycles. The average molecular weight is 271 g/mol. The lowest BCUT2D eigenvalue weighted by atomic mass is 10.2. The van der Waals surface area contributed by atoms with Gasteiger partial charge in [0.25, 0.3) is 0 Å². The van der Waals surface area contributed by atoms with Gasteiger partial charge in [-0.1, -0.05) is 18.2 Å². The van der Waals surface area contributed by atoms with Gasteiger partial charge in [0.05, 0.1) is 0 Å². The normalized spacial score (nSPS) is 10.5. The number of nitrogens with one attached hydrogen (secondary N) is 2. The van der Waals surface area contributed by atoms with Crippen LogP contribution in [0.5, 0.6) is 0 Å². The molecule has 0 aliphatic heterocycles. The van der Waals surface area contributed by atoms with E-state index in [4.69, 9.17) is 0 Å². The molecule has 1 aromatic heterocycles. The number of aryl methyl sites for hydroxylation is 1. The van der Waals surface area contributed by atoms with Crippen molar-refractivity contribution in [2.75, 3.05) is 5.32 Å². The van der Waals surface area contributed by atoms with Crippen LogP contribution in [0, 0.1) is 12.7 Å². The van der Waals surface area contributed by atoms with Gasteiger partial charge in [0.2, 0.25) is 0 Å². The molecule has 0 spiro atoms. The summed E-state index contributed by atoms with van der Waals surface area (Å²) in [5, 5.41) is 5.14. The second-order valence-corrected chi connectivity index (χ2v) is 4.20. The van der Waals surface area contributed by atoms with Gasteiger partial charge >= 0.3 is 6.03 Å². The predicted molar refractivity (Wildman–Crippen MR) is 76.6 cm³/mol. The molecule has 0 saturated carbocycles. The molecular weight excluding hydrogens is 257 g/mol. The lowest BCUT2D eigenvalue weighted by Crippen LogP contribution is -2.24. The number of carbonyl (C=O) groups is 1. The Bertz CT molecular complexity index is 606. The Morgan fingerprint density at radius 3 is 2.60 bits per heavy atom. The Kier molecular flexibility index (Phi) is 4.44. The molecule has 0 aliphatic rings. The number of rotatable bonds is 3. The van der Waals surface area contributed by atoms with Crippen LogP contribution in [-0.2, 0) is 0 Å². The van der Waals surface area contributed by atoms with Crippen molar-refractivity contribution in [1.82, 2.24) is 10.3 Å². The second kappa shape index (κ2) is 6.47. The van der Waals surface area contributed by atoms with Gasteiger partial charge in [-0.15, -0.1) is 0 Å². The Labute approximate surface area is 116 Å². The van der Waals surface area contributed by atoms with Gasteiger partial charge in [-0.25, -0.2) is 14.2 Å². The van der Waals surface area contributed by atoms with Crippen molar-refractivity contribution in [3.05, 3.63) is 65.7 Å². The van der Waals surface area contributed by atoms with Crippen LogP contribution in [0.15, 0.2) is 48.8 Å². The molecule has 2 N–H and O–H groups in total. The number of benzene rings is 1. The van der Waals surface area contributed by atoms with Crippen molar-refractivity contribution < 1.29 is 9.18 Å². The van der Waals surface area contributed by atoms with Crippen molar-refractivity contribution in [2.45, 2.75) is 6.92 Å². The topological polar surface area (TPSA) is 54.0 Å². The number of anilines is 1. The van der Waals surface area contributed by atoms with Crippen LogP contribution in [-0.4, -0.2) is 11.0 Å². The zero-order chi connectivity index (χ0) is 14.4. The number of hydrogen-bond donors (Lipinski definition) is 2. The average Bonchev–Trinajstić information content (AvgIpc) is 2.44. The van der Waals surface area contributed by atoms with Crippen molar-refractivity contribution in [2.24, 2.45) is 0 Å². The lowest BCUT2D eigenvalue weighted by Gasteiger charge is -2.03. The van der Waals surface area contributed by atoms with E-state index in [1.54, 1.807) is 30.5 Å². The van der Waals surface area contributed by atoms with E-state index in [0.29, 0.717) is 5.82 Å². The smallest absolute Gasteiger partial charge is 0.314 e. The number of aromatic nitrogens is 1. The van der Waals surface area contributed by atoms with Crippen molar-refractivity contribution in [3.63, 3.8) is 0 Å². The molecule has 2 rings (SSSR count). The molecule has 0 unspecified atom stereocenters. The lowest BCUT2D eigenvalue weighted by molar-refractivity contribution is 0.255. The Morgan fingerprint density at radius 1 is 1.20 bits per heavy atom. The zero-order valence-electron chi connectivity index (χ0n) is 10.9. The zero-order valence-corrected chi connectivity index (χ0v) is 10.9. The van der Waals surface area contributed by atoms with E-state index in [0.717, 1.165) is 11.1 Å². The largest absolute Gasteiger partial charge is 0.324 e. The van der Waals surface area contributed by atoms with E-state index < -0.39 is 0 Å².